The molecule has 1 spiro atoms. The van der Waals surface area contributed by atoms with Crippen LogP contribution in [0.15, 0.2) is 60.9 Å². The highest BCUT2D eigenvalue weighted by atomic mass is 19.4. The summed E-state index contributed by atoms with van der Waals surface area (Å²) in [6.45, 7) is -2.00. The first-order chi connectivity index (χ1) is 16.8. The quantitative estimate of drug-likeness (QED) is 0.453. The monoisotopic (exact) mass is 493 g/mol. The fourth-order valence-electron chi connectivity index (χ4n) is 5.34. The fourth-order valence-corrected chi connectivity index (χ4v) is 5.34. The van der Waals surface area contributed by atoms with Crippen LogP contribution in [0.2, 0.25) is 0 Å². The lowest BCUT2D eigenvalue weighted by Gasteiger charge is -2.41. The summed E-state index contributed by atoms with van der Waals surface area (Å²) in [5, 5.41) is 3.53. The second-order valence-electron chi connectivity index (χ2n) is 8.90. The second kappa shape index (κ2) is 9.23. The van der Waals surface area contributed by atoms with E-state index < -0.39 is 24.2 Å². The number of piperidine rings is 1. The first-order valence-corrected chi connectivity index (χ1v) is 11.4. The Morgan fingerprint density at radius 3 is 2.69 bits per heavy atom. The van der Waals surface area contributed by atoms with E-state index in [2.05, 4.69) is 10.3 Å². The van der Waals surface area contributed by atoms with Crippen LogP contribution in [0.3, 0.4) is 0 Å². The van der Waals surface area contributed by atoms with Crippen LogP contribution >= 0.6 is 0 Å². The van der Waals surface area contributed by atoms with Crippen LogP contribution in [0.5, 0.6) is 5.75 Å². The van der Waals surface area contributed by atoms with E-state index in [-0.39, 0.29) is 30.0 Å². The summed E-state index contributed by atoms with van der Waals surface area (Å²) in [6, 6.07) is 13.9. The number of hydrogen-bond donors (Lipinski definition) is 1. The van der Waals surface area contributed by atoms with Gasteiger partial charge < -0.3 is 14.8 Å². The summed E-state index contributed by atoms with van der Waals surface area (Å²) < 4.78 is 78.7. The maximum absolute atomic E-state index is 13.4. The Kier molecular flexibility index (Phi) is 6.27. The summed E-state index contributed by atoms with van der Waals surface area (Å²) >= 11 is 0. The molecule has 5 nitrogen and oxygen atoms in total. The van der Waals surface area contributed by atoms with Gasteiger partial charge in [0.25, 0.3) is 0 Å². The van der Waals surface area contributed by atoms with E-state index in [0.717, 1.165) is 35.7 Å². The first-order valence-electron chi connectivity index (χ1n) is 11.4. The molecule has 10 heteroatoms. The van der Waals surface area contributed by atoms with Crippen molar-refractivity contribution in [2.45, 2.75) is 49.6 Å². The summed E-state index contributed by atoms with van der Waals surface area (Å²) in [5.74, 6) is -1.50. The average Bonchev–Trinajstić information content (AvgIpc) is 3.48. The van der Waals surface area contributed by atoms with Crippen molar-refractivity contribution in [3.8, 4) is 11.4 Å². The standard InChI is InChI=1S/C25H24F5N3O2/c26-23(27)35-20-8-7-18(33-12-11-32-22(33)25(28,29)30)13-19(20)17-14-24(34-15-17)9-4-10-31-21(24)16-5-2-1-3-6-16/h1-3,5-8,11-13,17,21,23,31H,4,9-10,14-15H2/t17-,21-,24+/m0/s1. The lowest BCUT2D eigenvalue weighted by Crippen LogP contribution is -2.48. The van der Waals surface area contributed by atoms with Gasteiger partial charge in [-0.1, -0.05) is 30.3 Å². The van der Waals surface area contributed by atoms with Gasteiger partial charge in [0.1, 0.15) is 5.75 Å². The number of benzene rings is 2. The molecule has 3 aromatic rings. The number of halogens is 5. The van der Waals surface area contributed by atoms with Crippen molar-refractivity contribution in [2.24, 2.45) is 0 Å². The highest BCUT2D eigenvalue weighted by Gasteiger charge is 2.49. The molecule has 3 atom stereocenters. The molecule has 2 aliphatic rings. The van der Waals surface area contributed by atoms with E-state index in [4.69, 9.17) is 9.47 Å². The van der Waals surface area contributed by atoms with Crippen LogP contribution in [0, 0.1) is 0 Å². The molecule has 0 saturated carbocycles. The van der Waals surface area contributed by atoms with Crippen LogP contribution in [0.4, 0.5) is 22.0 Å². The topological polar surface area (TPSA) is 48.3 Å². The maximum atomic E-state index is 13.4. The summed E-state index contributed by atoms with van der Waals surface area (Å²) in [6.07, 6.45) is -0.241. The Morgan fingerprint density at radius 1 is 1.14 bits per heavy atom. The van der Waals surface area contributed by atoms with Gasteiger partial charge in [0.05, 0.1) is 18.2 Å². The largest absolute Gasteiger partial charge is 0.450 e. The van der Waals surface area contributed by atoms with E-state index in [1.54, 1.807) is 0 Å². The highest BCUT2D eigenvalue weighted by molar-refractivity contribution is 5.47. The molecule has 3 heterocycles. The number of ether oxygens (including phenoxy) is 2. The van der Waals surface area contributed by atoms with Crippen molar-refractivity contribution in [1.82, 2.24) is 14.9 Å². The van der Waals surface area contributed by atoms with E-state index in [1.807, 2.05) is 30.3 Å². The van der Waals surface area contributed by atoms with E-state index >= 15 is 0 Å². The van der Waals surface area contributed by atoms with Crippen molar-refractivity contribution in [1.29, 1.82) is 0 Å². The Labute approximate surface area is 198 Å². The minimum Gasteiger partial charge on any atom is -0.435 e. The van der Waals surface area contributed by atoms with Crippen LogP contribution in [-0.4, -0.2) is 34.9 Å². The number of hydrogen-bond acceptors (Lipinski definition) is 4. The normalized spacial score (nSPS) is 24.9. The zero-order valence-electron chi connectivity index (χ0n) is 18.6. The Bertz CT molecular complexity index is 1170. The van der Waals surface area contributed by atoms with Crippen LogP contribution in [0.25, 0.3) is 5.69 Å². The molecule has 2 saturated heterocycles. The molecule has 0 bridgehead atoms. The van der Waals surface area contributed by atoms with Crippen LogP contribution in [-0.2, 0) is 10.9 Å². The van der Waals surface area contributed by atoms with Gasteiger partial charge >= 0.3 is 12.8 Å². The summed E-state index contributed by atoms with van der Waals surface area (Å²) in [4.78, 5) is 3.43. The van der Waals surface area contributed by atoms with Gasteiger partial charge in [-0.3, -0.25) is 4.57 Å². The zero-order chi connectivity index (χ0) is 24.6. The van der Waals surface area contributed by atoms with Crippen molar-refractivity contribution in [2.75, 3.05) is 13.2 Å². The van der Waals surface area contributed by atoms with E-state index in [9.17, 15) is 22.0 Å². The van der Waals surface area contributed by atoms with Gasteiger partial charge in [-0.25, -0.2) is 4.98 Å². The maximum Gasteiger partial charge on any atom is 0.450 e. The predicted octanol–water partition coefficient (Wildman–Crippen LogP) is 5.86. The Balaban J connectivity index is 1.51. The second-order valence-corrected chi connectivity index (χ2v) is 8.90. The van der Waals surface area contributed by atoms with E-state index in [1.165, 1.54) is 24.4 Å². The lowest BCUT2D eigenvalue weighted by molar-refractivity contribution is -0.145. The van der Waals surface area contributed by atoms with Crippen molar-refractivity contribution >= 4 is 0 Å². The van der Waals surface area contributed by atoms with Gasteiger partial charge in [-0.2, -0.15) is 22.0 Å². The molecule has 1 N–H and O–H groups in total. The first kappa shape index (κ1) is 23.7. The molecular weight excluding hydrogens is 469 g/mol. The molecule has 0 unspecified atom stereocenters. The fraction of sp³-hybridized carbons (Fsp3) is 0.400. The molecular formula is C25H24F5N3O2. The summed E-state index contributed by atoms with van der Waals surface area (Å²) in [7, 11) is 0. The number of nitrogens with one attached hydrogen (secondary N) is 1. The molecule has 35 heavy (non-hydrogen) atoms. The minimum absolute atomic E-state index is 0.0666. The Morgan fingerprint density at radius 2 is 1.94 bits per heavy atom. The number of aromatic nitrogens is 2. The molecule has 0 radical (unpaired) electrons. The zero-order valence-corrected chi connectivity index (χ0v) is 18.6. The highest BCUT2D eigenvalue weighted by Crippen LogP contribution is 2.50. The minimum atomic E-state index is -4.67. The van der Waals surface area contributed by atoms with Gasteiger partial charge in [0.15, 0.2) is 0 Å². The molecule has 2 aromatic carbocycles. The molecule has 2 aliphatic heterocycles. The lowest BCUT2D eigenvalue weighted by atomic mass is 9.77. The van der Waals surface area contributed by atoms with Crippen LogP contribution in [0.1, 0.15) is 48.2 Å². The van der Waals surface area contributed by atoms with Crippen molar-refractivity contribution < 1.29 is 31.4 Å². The van der Waals surface area contributed by atoms with Gasteiger partial charge in [0.2, 0.25) is 5.82 Å². The molecule has 186 valence electrons. The van der Waals surface area contributed by atoms with Gasteiger partial charge in [-0.15, -0.1) is 0 Å². The molecule has 2 fully saturated rings. The number of rotatable bonds is 5. The third-order valence-electron chi connectivity index (χ3n) is 6.77. The van der Waals surface area contributed by atoms with Crippen LogP contribution < -0.4 is 10.1 Å². The average molecular weight is 493 g/mol. The molecule has 5 rings (SSSR count). The van der Waals surface area contributed by atoms with E-state index in [0.29, 0.717) is 12.0 Å². The third-order valence-corrected chi connectivity index (χ3v) is 6.77. The molecule has 1 aromatic heterocycles. The summed E-state index contributed by atoms with van der Waals surface area (Å²) in [5.41, 5.74) is 1.06. The van der Waals surface area contributed by atoms with Gasteiger partial charge in [0, 0.05) is 29.6 Å². The molecule has 0 aliphatic carbocycles. The van der Waals surface area contributed by atoms with Crippen molar-refractivity contribution in [3.63, 3.8) is 0 Å². The predicted molar refractivity (Wildman–Crippen MR) is 118 cm³/mol. The SMILES string of the molecule is FC(F)Oc1ccc(-n2ccnc2C(F)(F)F)cc1[C@@H]1CO[C@]2(CCCN[C@H]2c2ccccc2)C1. The Hall–Kier alpha value is -2.98. The third kappa shape index (κ3) is 4.64. The molecule has 0 amide bonds. The number of nitrogens with zero attached hydrogens (tertiary/aromatic N) is 2. The van der Waals surface area contributed by atoms with Crippen molar-refractivity contribution in [3.05, 3.63) is 77.9 Å². The smallest absolute Gasteiger partial charge is 0.435 e. The number of alkyl halides is 5. The van der Waals surface area contributed by atoms with Gasteiger partial charge in [-0.05, 0) is 49.6 Å². The number of imidazole rings is 1.